The summed E-state index contributed by atoms with van der Waals surface area (Å²) in [6.45, 7) is 0. The van der Waals surface area contributed by atoms with E-state index in [9.17, 15) is 8.78 Å². The van der Waals surface area contributed by atoms with E-state index in [1.807, 2.05) is 12.1 Å². The molecule has 1 aliphatic carbocycles. The molecule has 1 fully saturated rings. The molecule has 18 heavy (non-hydrogen) atoms. The molecule has 0 aromatic carbocycles. The lowest BCUT2D eigenvalue weighted by molar-refractivity contribution is -0.0481. The number of aromatic nitrogens is 1. The van der Waals surface area contributed by atoms with Crippen molar-refractivity contribution in [1.82, 2.24) is 4.98 Å². The summed E-state index contributed by atoms with van der Waals surface area (Å²) in [4.78, 5) is 4.27. The third-order valence-corrected chi connectivity index (χ3v) is 4.07. The Balaban J connectivity index is 1.89. The Morgan fingerprint density at radius 3 is 2.61 bits per heavy atom. The van der Waals surface area contributed by atoms with Gasteiger partial charge < -0.3 is 5.73 Å². The molecular formula is C13H17BrF2N2. The van der Waals surface area contributed by atoms with Crippen molar-refractivity contribution in [2.45, 2.75) is 44.1 Å². The molecule has 0 amide bonds. The van der Waals surface area contributed by atoms with Crippen LogP contribution in [0.2, 0.25) is 0 Å². The quantitative estimate of drug-likeness (QED) is 0.925. The highest BCUT2D eigenvalue weighted by atomic mass is 79.9. The lowest BCUT2D eigenvalue weighted by Gasteiger charge is -2.31. The fourth-order valence-electron chi connectivity index (χ4n) is 2.43. The first-order valence-corrected chi connectivity index (χ1v) is 6.99. The molecule has 0 radical (unpaired) electrons. The summed E-state index contributed by atoms with van der Waals surface area (Å²) >= 11 is 3.32. The second-order valence-corrected chi connectivity index (χ2v) is 5.94. The van der Waals surface area contributed by atoms with Crippen molar-refractivity contribution in [3.63, 3.8) is 0 Å². The van der Waals surface area contributed by atoms with Crippen LogP contribution in [-0.4, -0.2) is 16.9 Å². The molecule has 0 aliphatic heterocycles. The van der Waals surface area contributed by atoms with E-state index in [1.165, 1.54) is 0 Å². The summed E-state index contributed by atoms with van der Waals surface area (Å²) in [5.41, 5.74) is 7.03. The van der Waals surface area contributed by atoms with Gasteiger partial charge >= 0.3 is 0 Å². The van der Waals surface area contributed by atoms with Gasteiger partial charge in [-0.15, -0.1) is 0 Å². The van der Waals surface area contributed by atoms with Crippen LogP contribution in [0.15, 0.2) is 22.8 Å². The number of nitrogens with two attached hydrogens (primary N) is 1. The predicted molar refractivity (Wildman–Crippen MR) is 70.5 cm³/mol. The van der Waals surface area contributed by atoms with E-state index in [2.05, 4.69) is 20.9 Å². The maximum Gasteiger partial charge on any atom is 0.248 e. The van der Waals surface area contributed by atoms with Gasteiger partial charge in [-0.25, -0.2) is 8.78 Å². The molecule has 0 bridgehead atoms. The van der Waals surface area contributed by atoms with Gasteiger partial charge in [0.2, 0.25) is 5.92 Å². The van der Waals surface area contributed by atoms with Gasteiger partial charge in [-0.1, -0.05) is 0 Å². The van der Waals surface area contributed by atoms with Gasteiger partial charge in [-0.05, 0) is 46.8 Å². The second-order valence-electron chi connectivity index (χ2n) is 5.03. The van der Waals surface area contributed by atoms with Crippen LogP contribution in [0.4, 0.5) is 8.78 Å². The summed E-state index contributed by atoms with van der Waals surface area (Å²) in [5.74, 6) is -2.29. The molecule has 5 heteroatoms. The Hall–Kier alpha value is -0.550. The van der Waals surface area contributed by atoms with Crippen LogP contribution in [0.5, 0.6) is 0 Å². The molecule has 2 N–H and O–H groups in total. The van der Waals surface area contributed by atoms with Gasteiger partial charge in [-0.2, -0.15) is 0 Å². The van der Waals surface area contributed by atoms with Crippen LogP contribution < -0.4 is 5.73 Å². The van der Waals surface area contributed by atoms with Crippen molar-refractivity contribution < 1.29 is 8.78 Å². The van der Waals surface area contributed by atoms with E-state index in [-0.39, 0.29) is 24.8 Å². The molecule has 2 nitrogen and oxygen atoms in total. The number of hydrogen-bond acceptors (Lipinski definition) is 2. The first kappa shape index (κ1) is 13.9. The van der Waals surface area contributed by atoms with Gasteiger partial charge in [0.05, 0.1) is 0 Å². The van der Waals surface area contributed by atoms with Crippen molar-refractivity contribution in [2.75, 3.05) is 0 Å². The third kappa shape index (κ3) is 3.72. The Kier molecular flexibility index (Phi) is 4.33. The number of hydrogen-bond donors (Lipinski definition) is 1. The van der Waals surface area contributed by atoms with Crippen LogP contribution in [0.3, 0.4) is 0 Å². The largest absolute Gasteiger partial charge is 0.327 e. The van der Waals surface area contributed by atoms with Crippen LogP contribution in [-0.2, 0) is 6.42 Å². The molecule has 0 spiro atoms. The molecular weight excluding hydrogens is 302 g/mol. The van der Waals surface area contributed by atoms with E-state index in [0.29, 0.717) is 19.3 Å². The zero-order valence-electron chi connectivity index (χ0n) is 10.1. The average molecular weight is 319 g/mol. The predicted octanol–water partition coefficient (Wildman–Crippen LogP) is 3.54. The maximum atomic E-state index is 13.1. The lowest BCUT2D eigenvalue weighted by Crippen LogP contribution is -2.37. The molecule has 1 aromatic rings. The summed E-state index contributed by atoms with van der Waals surface area (Å²) in [5, 5.41) is 0. The molecule has 1 heterocycles. The fraction of sp³-hybridized carbons (Fsp3) is 0.615. The highest BCUT2D eigenvalue weighted by molar-refractivity contribution is 9.10. The topological polar surface area (TPSA) is 38.9 Å². The van der Waals surface area contributed by atoms with Crippen molar-refractivity contribution in [1.29, 1.82) is 0 Å². The summed E-state index contributed by atoms with van der Waals surface area (Å²) in [6.07, 6.45) is 3.37. The Morgan fingerprint density at radius 2 is 2.06 bits per heavy atom. The first-order chi connectivity index (χ1) is 8.46. The van der Waals surface area contributed by atoms with Crippen LogP contribution >= 0.6 is 15.9 Å². The van der Waals surface area contributed by atoms with Gasteiger partial charge in [0.15, 0.2) is 0 Å². The SMILES string of the molecule is NC(Cc1ccc(Br)cn1)C1CCC(F)(F)CC1. The summed E-state index contributed by atoms with van der Waals surface area (Å²) in [6, 6.07) is 3.76. The molecule has 0 saturated heterocycles. The second kappa shape index (κ2) is 5.61. The van der Waals surface area contributed by atoms with Crippen molar-refractivity contribution in [3.05, 3.63) is 28.5 Å². The highest BCUT2D eigenvalue weighted by Gasteiger charge is 2.36. The Labute approximate surface area is 114 Å². The maximum absolute atomic E-state index is 13.1. The van der Waals surface area contributed by atoms with Gasteiger partial charge in [0.25, 0.3) is 0 Å². The number of alkyl halides is 2. The van der Waals surface area contributed by atoms with Crippen molar-refractivity contribution in [3.8, 4) is 0 Å². The van der Waals surface area contributed by atoms with E-state index >= 15 is 0 Å². The van der Waals surface area contributed by atoms with E-state index in [4.69, 9.17) is 5.73 Å². The Morgan fingerprint density at radius 1 is 1.39 bits per heavy atom. The monoisotopic (exact) mass is 318 g/mol. The highest BCUT2D eigenvalue weighted by Crippen LogP contribution is 2.37. The summed E-state index contributed by atoms with van der Waals surface area (Å²) in [7, 11) is 0. The molecule has 1 unspecified atom stereocenters. The number of nitrogens with zero attached hydrogens (tertiary/aromatic N) is 1. The summed E-state index contributed by atoms with van der Waals surface area (Å²) < 4.78 is 27.0. The number of pyridine rings is 1. The number of rotatable bonds is 3. The molecule has 1 aliphatic rings. The standard InChI is InChI=1S/C13H17BrF2N2/c14-10-1-2-11(18-8-10)7-12(17)9-3-5-13(15,16)6-4-9/h1-2,8-9,12H,3-7,17H2. The van der Waals surface area contributed by atoms with Gasteiger partial charge in [0.1, 0.15) is 0 Å². The number of halogens is 3. The minimum atomic E-state index is -2.48. The van der Waals surface area contributed by atoms with E-state index in [1.54, 1.807) is 6.20 Å². The van der Waals surface area contributed by atoms with E-state index < -0.39 is 5.92 Å². The smallest absolute Gasteiger partial charge is 0.248 e. The molecule has 1 atom stereocenters. The molecule has 100 valence electrons. The van der Waals surface area contributed by atoms with Crippen LogP contribution in [0, 0.1) is 5.92 Å². The fourth-order valence-corrected chi connectivity index (χ4v) is 2.66. The molecule has 1 aromatic heterocycles. The first-order valence-electron chi connectivity index (χ1n) is 6.20. The van der Waals surface area contributed by atoms with Crippen molar-refractivity contribution >= 4 is 15.9 Å². The minimum absolute atomic E-state index is 0.0286. The minimum Gasteiger partial charge on any atom is -0.327 e. The van der Waals surface area contributed by atoms with Crippen LogP contribution in [0.25, 0.3) is 0 Å². The average Bonchev–Trinajstić information content (AvgIpc) is 2.32. The van der Waals surface area contributed by atoms with Crippen molar-refractivity contribution in [2.24, 2.45) is 11.7 Å². The normalized spacial score (nSPS) is 21.8. The van der Waals surface area contributed by atoms with E-state index in [0.717, 1.165) is 10.2 Å². The van der Waals surface area contributed by atoms with Gasteiger partial charge in [0, 0.05) is 41.7 Å². The van der Waals surface area contributed by atoms with Gasteiger partial charge in [-0.3, -0.25) is 4.98 Å². The third-order valence-electron chi connectivity index (χ3n) is 3.60. The van der Waals surface area contributed by atoms with Crippen LogP contribution in [0.1, 0.15) is 31.4 Å². The molecule has 1 saturated carbocycles. The molecule has 2 rings (SSSR count). The Bertz CT molecular complexity index is 384. The lowest BCUT2D eigenvalue weighted by atomic mass is 9.81. The zero-order valence-corrected chi connectivity index (χ0v) is 11.7. The zero-order chi connectivity index (χ0) is 13.2.